The van der Waals surface area contributed by atoms with Crippen LogP contribution in [0.1, 0.15) is 6.92 Å². The molecule has 0 saturated heterocycles. The summed E-state index contributed by atoms with van der Waals surface area (Å²) in [4.78, 5) is 11.2. The van der Waals surface area contributed by atoms with Crippen LogP contribution >= 0.6 is 11.6 Å². The minimum absolute atomic E-state index is 0.0431. The number of carbonyl (C=O) groups is 1. The first-order valence-corrected chi connectivity index (χ1v) is 4.42. The fourth-order valence-electron chi connectivity index (χ4n) is 1.24. The van der Waals surface area contributed by atoms with E-state index in [1.54, 1.807) is 6.92 Å². The second-order valence-corrected chi connectivity index (χ2v) is 3.45. The molecule has 0 aromatic heterocycles. The Balaban J connectivity index is 2.51. The Morgan fingerprint density at radius 3 is 3.00 bits per heavy atom. The summed E-state index contributed by atoms with van der Waals surface area (Å²) in [6, 6.07) is 2.59. The summed E-state index contributed by atoms with van der Waals surface area (Å²) in [6.45, 7) is 1.55. The van der Waals surface area contributed by atoms with E-state index in [9.17, 15) is 9.18 Å². The third-order valence-electron chi connectivity index (χ3n) is 1.93. The Bertz CT molecular complexity index is 408. The van der Waals surface area contributed by atoms with E-state index in [1.165, 1.54) is 6.07 Å². The first-order chi connectivity index (χ1) is 6.58. The molecule has 1 aliphatic rings. The molecule has 0 spiro atoms. The zero-order valence-electron chi connectivity index (χ0n) is 7.30. The van der Waals surface area contributed by atoms with Gasteiger partial charge in [-0.15, -0.1) is 0 Å². The molecule has 1 aromatic carbocycles. The van der Waals surface area contributed by atoms with E-state index in [1.807, 2.05) is 0 Å². The lowest BCUT2D eigenvalue weighted by Crippen LogP contribution is -2.34. The van der Waals surface area contributed by atoms with Crippen molar-refractivity contribution in [2.24, 2.45) is 0 Å². The summed E-state index contributed by atoms with van der Waals surface area (Å²) in [5.41, 5.74) is 0.276. The summed E-state index contributed by atoms with van der Waals surface area (Å²) < 4.78 is 18.4. The van der Waals surface area contributed by atoms with Crippen molar-refractivity contribution in [2.75, 3.05) is 5.32 Å². The molecular formula is C9H7ClFNO2. The van der Waals surface area contributed by atoms with Crippen LogP contribution < -0.4 is 10.1 Å². The number of halogens is 2. The molecule has 14 heavy (non-hydrogen) atoms. The average Bonchev–Trinajstić information content (AvgIpc) is 2.08. The Morgan fingerprint density at radius 2 is 2.29 bits per heavy atom. The van der Waals surface area contributed by atoms with Crippen LogP contribution in [0.5, 0.6) is 5.75 Å². The molecular weight excluding hydrogens is 209 g/mol. The van der Waals surface area contributed by atoms with Crippen molar-refractivity contribution in [1.82, 2.24) is 0 Å². The second-order valence-electron chi connectivity index (χ2n) is 3.01. The van der Waals surface area contributed by atoms with Gasteiger partial charge in [-0.05, 0) is 19.1 Å². The smallest absolute Gasteiger partial charge is 0.265 e. The van der Waals surface area contributed by atoms with Gasteiger partial charge in [0.05, 0.1) is 5.69 Å². The van der Waals surface area contributed by atoms with Gasteiger partial charge >= 0.3 is 0 Å². The fraction of sp³-hybridized carbons (Fsp3) is 0.222. The molecule has 0 fully saturated rings. The average molecular weight is 216 g/mol. The number of ether oxygens (including phenoxy) is 1. The van der Waals surface area contributed by atoms with E-state index < -0.39 is 11.9 Å². The molecule has 1 atom stereocenters. The van der Waals surface area contributed by atoms with Crippen molar-refractivity contribution in [3.05, 3.63) is 23.0 Å². The largest absolute Gasteiger partial charge is 0.476 e. The van der Waals surface area contributed by atoms with E-state index in [2.05, 4.69) is 5.32 Å². The zero-order chi connectivity index (χ0) is 10.3. The molecule has 0 aliphatic carbocycles. The maximum atomic E-state index is 13.3. The van der Waals surface area contributed by atoms with Crippen LogP contribution in [0, 0.1) is 5.82 Å². The molecule has 0 bridgehead atoms. The van der Waals surface area contributed by atoms with E-state index >= 15 is 0 Å². The number of benzene rings is 1. The van der Waals surface area contributed by atoms with Crippen LogP contribution in [0.3, 0.4) is 0 Å². The number of rotatable bonds is 0. The van der Waals surface area contributed by atoms with Gasteiger partial charge in [-0.1, -0.05) is 11.6 Å². The van der Waals surface area contributed by atoms with Crippen LogP contribution in [0.25, 0.3) is 0 Å². The Labute approximate surface area is 84.8 Å². The molecule has 2 rings (SSSR count). The predicted molar refractivity (Wildman–Crippen MR) is 50.1 cm³/mol. The molecule has 0 saturated carbocycles. The highest BCUT2D eigenvalue weighted by atomic mass is 35.5. The lowest BCUT2D eigenvalue weighted by Gasteiger charge is -2.23. The van der Waals surface area contributed by atoms with Gasteiger partial charge in [0.2, 0.25) is 0 Å². The monoisotopic (exact) mass is 215 g/mol. The minimum atomic E-state index is -0.682. The van der Waals surface area contributed by atoms with Gasteiger partial charge in [-0.2, -0.15) is 0 Å². The number of hydrogen-bond acceptors (Lipinski definition) is 2. The molecule has 1 amide bonds. The van der Waals surface area contributed by atoms with Gasteiger partial charge in [0.15, 0.2) is 17.7 Å². The summed E-state index contributed by atoms with van der Waals surface area (Å²) >= 11 is 5.62. The number of fused-ring (bicyclic) bond motifs is 1. The molecule has 1 unspecified atom stereocenters. The minimum Gasteiger partial charge on any atom is -0.476 e. The van der Waals surface area contributed by atoms with Gasteiger partial charge in [-0.3, -0.25) is 4.79 Å². The van der Waals surface area contributed by atoms with Crippen molar-refractivity contribution >= 4 is 23.2 Å². The standard InChI is InChI=1S/C9H7ClFNO2/c1-4-9(13)12-7-3-5(10)2-6(11)8(7)14-4/h2-4H,1H3,(H,12,13). The van der Waals surface area contributed by atoms with Crippen molar-refractivity contribution in [1.29, 1.82) is 0 Å². The molecule has 0 radical (unpaired) electrons. The normalized spacial score (nSPS) is 19.6. The number of hydrogen-bond donors (Lipinski definition) is 1. The summed E-state index contributed by atoms with van der Waals surface area (Å²) in [5.74, 6) is -0.833. The maximum Gasteiger partial charge on any atom is 0.265 e. The van der Waals surface area contributed by atoms with Crippen molar-refractivity contribution in [3.63, 3.8) is 0 Å². The fourth-order valence-corrected chi connectivity index (χ4v) is 1.44. The highest BCUT2D eigenvalue weighted by Gasteiger charge is 2.26. The van der Waals surface area contributed by atoms with Crippen LogP contribution in [0.2, 0.25) is 5.02 Å². The third-order valence-corrected chi connectivity index (χ3v) is 2.15. The molecule has 1 aromatic rings. The lowest BCUT2D eigenvalue weighted by atomic mass is 10.2. The SMILES string of the molecule is CC1Oc2c(F)cc(Cl)cc2NC1=O. The van der Waals surface area contributed by atoms with Crippen molar-refractivity contribution in [3.8, 4) is 5.75 Å². The molecule has 74 valence electrons. The van der Waals surface area contributed by atoms with E-state index in [4.69, 9.17) is 16.3 Å². The van der Waals surface area contributed by atoms with E-state index in [-0.39, 0.29) is 22.4 Å². The first-order valence-electron chi connectivity index (χ1n) is 4.04. The summed E-state index contributed by atoms with van der Waals surface area (Å²) in [6.07, 6.45) is -0.682. The second kappa shape index (κ2) is 3.13. The molecule has 5 heteroatoms. The Kier molecular flexibility index (Phi) is 2.07. The van der Waals surface area contributed by atoms with Crippen LogP contribution in [-0.2, 0) is 4.79 Å². The van der Waals surface area contributed by atoms with Crippen molar-refractivity contribution in [2.45, 2.75) is 13.0 Å². The van der Waals surface area contributed by atoms with Crippen LogP contribution in [-0.4, -0.2) is 12.0 Å². The lowest BCUT2D eigenvalue weighted by molar-refractivity contribution is -0.122. The zero-order valence-corrected chi connectivity index (χ0v) is 8.06. The first kappa shape index (κ1) is 9.27. The predicted octanol–water partition coefficient (Wildman–Crippen LogP) is 2.20. The summed E-state index contributed by atoms with van der Waals surface area (Å²) in [5, 5.41) is 2.72. The molecule has 1 aliphatic heterocycles. The van der Waals surface area contributed by atoms with Gasteiger partial charge in [0, 0.05) is 5.02 Å². The highest BCUT2D eigenvalue weighted by molar-refractivity contribution is 6.31. The highest BCUT2D eigenvalue weighted by Crippen LogP contribution is 2.34. The maximum absolute atomic E-state index is 13.3. The topological polar surface area (TPSA) is 38.3 Å². The van der Waals surface area contributed by atoms with Crippen LogP contribution in [0.15, 0.2) is 12.1 Å². The van der Waals surface area contributed by atoms with Gasteiger partial charge < -0.3 is 10.1 Å². The molecule has 1 N–H and O–H groups in total. The van der Waals surface area contributed by atoms with Crippen molar-refractivity contribution < 1.29 is 13.9 Å². The Morgan fingerprint density at radius 1 is 1.57 bits per heavy atom. The Hall–Kier alpha value is -1.29. The van der Waals surface area contributed by atoms with Gasteiger partial charge in [-0.25, -0.2) is 4.39 Å². The third kappa shape index (κ3) is 1.42. The number of carbonyl (C=O) groups excluding carboxylic acids is 1. The molecule has 3 nitrogen and oxygen atoms in total. The summed E-state index contributed by atoms with van der Waals surface area (Å²) in [7, 11) is 0. The van der Waals surface area contributed by atoms with Gasteiger partial charge in [0.25, 0.3) is 5.91 Å². The molecule has 1 heterocycles. The number of nitrogens with one attached hydrogen (secondary N) is 1. The van der Waals surface area contributed by atoms with Crippen LogP contribution in [0.4, 0.5) is 10.1 Å². The van der Waals surface area contributed by atoms with E-state index in [0.717, 1.165) is 6.07 Å². The number of amides is 1. The number of anilines is 1. The quantitative estimate of drug-likeness (QED) is 0.721. The van der Waals surface area contributed by atoms with E-state index in [0.29, 0.717) is 0 Å². The van der Waals surface area contributed by atoms with Gasteiger partial charge in [0.1, 0.15) is 0 Å².